The van der Waals surface area contributed by atoms with Gasteiger partial charge >= 0.3 is 0 Å². The SMILES string of the molecule is Cc1noc(C)c1NC(=O)[C@H]1C[C@@H](S(=O)(=O)N2CCC(c3ccncc3)CC2)C1. The molecule has 0 spiro atoms. The molecule has 4 rings (SSSR count). The normalized spacial score (nSPS) is 23.5. The molecule has 2 aromatic rings. The summed E-state index contributed by atoms with van der Waals surface area (Å²) in [5, 5.41) is 6.18. The fraction of sp³-hybridized carbons (Fsp3) is 0.550. The number of hydrogen-bond acceptors (Lipinski definition) is 6. The number of anilines is 1. The number of nitrogens with one attached hydrogen (secondary N) is 1. The third-order valence-electron chi connectivity index (χ3n) is 6.16. The lowest BCUT2D eigenvalue weighted by molar-refractivity contribution is -0.122. The number of amides is 1. The molecular formula is C20H26N4O4S. The summed E-state index contributed by atoms with van der Waals surface area (Å²) in [5.74, 6) is 0.468. The van der Waals surface area contributed by atoms with Gasteiger partial charge in [-0.3, -0.25) is 9.78 Å². The Morgan fingerprint density at radius 1 is 1.17 bits per heavy atom. The number of rotatable bonds is 5. The third kappa shape index (κ3) is 3.93. The van der Waals surface area contributed by atoms with Gasteiger partial charge in [0.2, 0.25) is 15.9 Å². The largest absolute Gasteiger partial charge is 0.359 e. The van der Waals surface area contributed by atoms with Gasteiger partial charge in [-0.25, -0.2) is 12.7 Å². The van der Waals surface area contributed by atoms with Gasteiger partial charge in [-0.2, -0.15) is 0 Å². The number of carbonyl (C=O) groups excluding carboxylic acids is 1. The predicted molar refractivity (Wildman–Crippen MR) is 108 cm³/mol. The molecule has 8 nitrogen and oxygen atoms in total. The van der Waals surface area contributed by atoms with E-state index in [0.717, 1.165) is 12.8 Å². The highest BCUT2D eigenvalue weighted by atomic mass is 32.2. The van der Waals surface area contributed by atoms with E-state index in [-0.39, 0.29) is 11.8 Å². The molecule has 0 aromatic carbocycles. The minimum Gasteiger partial charge on any atom is -0.359 e. The molecule has 29 heavy (non-hydrogen) atoms. The lowest BCUT2D eigenvalue weighted by atomic mass is 9.84. The Morgan fingerprint density at radius 3 is 2.41 bits per heavy atom. The van der Waals surface area contributed by atoms with Crippen molar-refractivity contribution in [2.24, 2.45) is 5.92 Å². The van der Waals surface area contributed by atoms with Gasteiger partial charge in [0.25, 0.3) is 0 Å². The lowest BCUT2D eigenvalue weighted by Gasteiger charge is -2.39. The van der Waals surface area contributed by atoms with E-state index in [1.807, 2.05) is 12.1 Å². The second kappa shape index (κ2) is 7.87. The van der Waals surface area contributed by atoms with Crippen molar-refractivity contribution in [2.45, 2.75) is 50.7 Å². The van der Waals surface area contributed by atoms with E-state index in [1.165, 1.54) is 5.56 Å². The van der Waals surface area contributed by atoms with Crippen LogP contribution in [0.3, 0.4) is 0 Å². The van der Waals surface area contributed by atoms with Crippen molar-refractivity contribution in [2.75, 3.05) is 18.4 Å². The van der Waals surface area contributed by atoms with Gasteiger partial charge in [-0.05, 0) is 63.1 Å². The van der Waals surface area contributed by atoms with E-state index >= 15 is 0 Å². The van der Waals surface area contributed by atoms with Crippen molar-refractivity contribution in [3.8, 4) is 0 Å². The molecule has 1 aliphatic heterocycles. The number of pyridine rings is 1. The molecule has 1 saturated heterocycles. The standard InChI is InChI=1S/C20H26N4O4S/c1-13-19(14(2)28-23-13)22-20(25)17-11-18(12-17)29(26,27)24-9-5-16(6-10-24)15-3-7-21-8-4-15/h3-4,7-8,16-18H,5-6,9-12H2,1-2H3,(H,22,25)/t17-,18+. The van der Waals surface area contributed by atoms with Gasteiger partial charge < -0.3 is 9.84 Å². The molecule has 1 saturated carbocycles. The zero-order valence-electron chi connectivity index (χ0n) is 16.7. The number of aryl methyl sites for hydroxylation is 2. The van der Waals surface area contributed by atoms with Crippen LogP contribution < -0.4 is 5.32 Å². The van der Waals surface area contributed by atoms with Crippen LogP contribution in [0.15, 0.2) is 29.0 Å². The number of nitrogens with zero attached hydrogens (tertiary/aromatic N) is 3. The summed E-state index contributed by atoms with van der Waals surface area (Å²) >= 11 is 0. The molecule has 2 aromatic heterocycles. The summed E-state index contributed by atoms with van der Waals surface area (Å²) in [7, 11) is -3.37. The Balaban J connectivity index is 1.30. The second-order valence-corrected chi connectivity index (χ2v) is 10.2. The first-order valence-electron chi connectivity index (χ1n) is 9.99. The summed E-state index contributed by atoms with van der Waals surface area (Å²) in [4.78, 5) is 16.5. The van der Waals surface area contributed by atoms with Gasteiger partial charge in [-0.15, -0.1) is 0 Å². The molecule has 0 bridgehead atoms. The van der Waals surface area contributed by atoms with Crippen LogP contribution in [-0.4, -0.2) is 47.1 Å². The maximum Gasteiger partial charge on any atom is 0.227 e. The molecule has 2 fully saturated rings. The van der Waals surface area contributed by atoms with E-state index in [1.54, 1.807) is 30.5 Å². The fourth-order valence-corrected chi connectivity index (χ4v) is 6.29. The molecule has 0 atom stereocenters. The first kappa shape index (κ1) is 20.0. The van der Waals surface area contributed by atoms with Crippen LogP contribution in [0.1, 0.15) is 48.6 Å². The average Bonchev–Trinajstić information content (AvgIpc) is 2.99. The highest BCUT2D eigenvalue weighted by Gasteiger charge is 2.45. The van der Waals surface area contributed by atoms with Crippen molar-refractivity contribution >= 4 is 21.6 Å². The predicted octanol–water partition coefficient (Wildman–Crippen LogP) is 2.61. The lowest BCUT2D eigenvalue weighted by Crippen LogP contribution is -2.50. The summed E-state index contributed by atoms with van der Waals surface area (Å²) in [6.07, 6.45) is 5.91. The summed E-state index contributed by atoms with van der Waals surface area (Å²) in [5.41, 5.74) is 2.42. The van der Waals surface area contributed by atoms with Crippen molar-refractivity contribution in [3.05, 3.63) is 41.5 Å². The average molecular weight is 419 g/mol. The molecular weight excluding hydrogens is 392 g/mol. The fourth-order valence-electron chi connectivity index (χ4n) is 4.20. The molecule has 9 heteroatoms. The Morgan fingerprint density at radius 2 is 1.83 bits per heavy atom. The van der Waals surface area contributed by atoms with Crippen LogP contribution in [0.5, 0.6) is 0 Å². The molecule has 2 aliphatic rings. The van der Waals surface area contributed by atoms with E-state index in [0.29, 0.717) is 49.0 Å². The van der Waals surface area contributed by atoms with Crippen LogP contribution in [0.2, 0.25) is 0 Å². The molecule has 1 aliphatic carbocycles. The zero-order chi connectivity index (χ0) is 20.6. The third-order valence-corrected chi connectivity index (χ3v) is 8.47. The molecule has 1 amide bonds. The number of hydrogen-bond donors (Lipinski definition) is 1. The van der Waals surface area contributed by atoms with Crippen molar-refractivity contribution in [3.63, 3.8) is 0 Å². The first-order valence-corrected chi connectivity index (χ1v) is 11.5. The monoisotopic (exact) mass is 418 g/mol. The zero-order valence-corrected chi connectivity index (χ0v) is 17.5. The van der Waals surface area contributed by atoms with Gasteiger partial charge in [-0.1, -0.05) is 5.16 Å². The molecule has 156 valence electrons. The van der Waals surface area contributed by atoms with Gasteiger partial charge in [0.15, 0.2) is 5.76 Å². The highest BCUT2D eigenvalue weighted by molar-refractivity contribution is 7.89. The Labute approximate surface area is 170 Å². The van der Waals surface area contributed by atoms with E-state index < -0.39 is 15.3 Å². The Kier molecular flexibility index (Phi) is 5.44. The molecule has 3 heterocycles. The second-order valence-electron chi connectivity index (χ2n) is 7.98. The van der Waals surface area contributed by atoms with E-state index in [4.69, 9.17) is 4.52 Å². The van der Waals surface area contributed by atoms with Gasteiger partial charge in [0, 0.05) is 31.4 Å². The van der Waals surface area contributed by atoms with Gasteiger partial charge in [0.05, 0.1) is 5.25 Å². The van der Waals surface area contributed by atoms with E-state index in [9.17, 15) is 13.2 Å². The highest BCUT2D eigenvalue weighted by Crippen LogP contribution is 2.38. The quantitative estimate of drug-likeness (QED) is 0.800. The smallest absolute Gasteiger partial charge is 0.227 e. The number of piperidine rings is 1. The summed E-state index contributed by atoms with van der Waals surface area (Å²) in [6, 6.07) is 4.01. The van der Waals surface area contributed by atoms with Crippen LogP contribution in [0.25, 0.3) is 0 Å². The number of aromatic nitrogens is 2. The minimum absolute atomic E-state index is 0.165. The maximum absolute atomic E-state index is 13.0. The van der Waals surface area contributed by atoms with E-state index in [2.05, 4.69) is 15.5 Å². The summed E-state index contributed by atoms with van der Waals surface area (Å²) in [6.45, 7) is 4.55. The maximum atomic E-state index is 13.0. The molecule has 1 N–H and O–H groups in total. The number of sulfonamides is 1. The number of carbonyl (C=O) groups is 1. The Hall–Kier alpha value is -2.26. The van der Waals surface area contributed by atoms with Crippen molar-refractivity contribution in [1.82, 2.24) is 14.4 Å². The Bertz CT molecular complexity index is 956. The van der Waals surface area contributed by atoms with Gasteiger partial charge in [0.1, 0.15) is 11.4 Å². The molecule has 0 unspecified atom stereocenters. The van der Waals surface area contributed by atoms with Crippen LogP contribution >= 0.6 is 0 Å². The van der Waals surface area contributed by atoms with Crippen LogP contribution in [0, 0.1) is 19.8 Å². The first-order chi connectivity index (χ1) is 13.9. The van der Waals surface area contributed by atoms with Crippen molar-refractivity contribution < 1.29 is 17.7 Å². The van der Waals surface area contributed by atoms with Crippen LogP contribution in [-0.2, 0) is 14.8 Å². The molecule has 0 radical (unpaired) electrons. The van der Waals surface area contributed by atoms with Crippen molar-refractivity contribution in [1.29, 1.82) is 0 Å². The summed E-state index contributed by atoms with van der Waals surface area (Å²) < 4.78 is 32.6. The minimum atomic E-state index is -3.37. The topological polar surface area (TPSA) is 105 Å². The van der Waals surface area contributed by atoms with Crippen LogP contribution in [0.4, 0.5) is 5.69 Å².